The summed E-state index contributed by atoms with van der Waals surface area (Å²) in [7, 11) is 7.87. The van der Waals surface area contributed by atoms with Crippen LogP contribution in [0, 0.1) is 0 Å². The summed E-state index contributed by atoms with van der Waals surface area (Å²) in [4.78, 5) is 0. The fourth-order valence-corrected chi connectivity index (χ4v) is 3.11. The summed E-state index contributed by atoms with van der Waals surface area (Å²) >= 11 is 0. The van der Waals surface area contributed by atoms with E-state index in [9.17, 15) is 13.2 Å². The lowest BCUT2D eigenvalue weighted by Gasteiger charge is -2.28. The Hall–Kier alpha value is -2.97. The molecule has 2 rings (SSSR count). The van der Waals surface area contributed by atoms with Crippen molar-refractivity contribution >= 4 is 0 Å². The van der Waals surface area contributed by atoms with Gasteiger partial charge in [0.1, 0.15) is 40.4 Å². The number of hydrogen-bond acceptors (Lipinski definition) is 6. The quantitative estimate of drug-likeness (QED) is 0.635. The molecule has 0 aliphatic carbocycles. The molecule has 0 saturated heterocycles. The van der Waals surface area contributed by atoms with Gasteiger partial charge in [0.25, 0.3) is 0 Å². The van der Waals surface area contributed by atoms with Gasteiger partial charge in [-0.05, 0) is 0 Å². The van der Waals surface area contributed by atoms with Crippen LogP contribution in [0.25, 0.3) is 0 Å². The van der Waals surface area contributed by atoms with Crippen LogP contribution in [-0.4, -0.2) is 48.8 Å². The molecule has 0 radical (unpaired) electrons. The summed E-state index contributed by atoms with van der Waals surface area (Å²) in [6.45, 7) is 0. The topological polar surface area (TPSA) is 55.4 Å². The van der Waals surface area contributed by atoms with Crippen LogP contribution < -0.4 is 28.4 Å². The smallest absolute Gasteiger partial charge is 0.400 e. The molecule has 0 bridgehead atoms. The predicted molar refractivity (Wildman–Crippen MR) is 100 cm³/mol. The Balaban J connectivity index is 2.93. The van der Waals surface area contributed by atoms with E-state index < -0.39 is 12.1 Å². The maximum Gasteiger partial charge on any atom is 0.400 e. The summed E-state index contributed by atoms with van der Waals surface area (Å²) in [6.07, 6.45) is -4.73. The first-order valence-corrected chi connectivity index (χ1v) is 8.42. The third-order valence-electron chi connectivity index (χ3n) is 4.41. The fourth-order valence-electron chi connectivity index (χ4n) is 3.11. The molecule has 0 N–H and O–H groups in total. The first-order chi connectivity index (χ1) is 13.7. The van der Waals surface area contributed by atoms with Crippen molar-refractivity contribution < 1.29 is 41.6 Å². The number of hydrogen-bond donors (Lipinski definition) is 0. The molecule has 0 atom stereocenters. The Morgan fingerprint density at radius 3 is 1.00 bits per heavy atom. The Labute approximate surface area is 167 Å². The van der Waals surface area contributed by atoms with Gasteiger partial charge in [-0.1, -0.05) is 0 Å². The predicted octanol–water partition coefficient (Wildman–Crippen LogP) is 4.43. The zero-order valence-electron chi connectivity index (χ0n) is 17.0. The Kier molecular flexibility index (Phi) is 6.94. The molecule has 0 aliphatic heterocycles. The molecule has 2 aromatic carbocycles. The summed E-state index contributed by atoms with van der Waals surface area (Å²) in [5.41, 5.74) is -0.463. The second-order valence-corrected chi connectivity index (χ2v) is 5.87. The minimum Gasteiger partial charge on any atom is -0.496 e. The zero-order chi connectivity index (χ0) is 21.8. The second-order valence-electron chi connectivity index (χ2n) is 5.87. The first-order valence-electron chi connectivity index (χ1n) is 8.42. The van der Waals surface area contributed by atoms with E-state index in [4.69, 9.17) is 28.4 Å². The summed E-state index contributed by atoms with van der Waals surface area (Å²) in [5.74, 6) is -1.80. The maximum absolute atomic E-state index is 14.4. The van der Waals surface area contributed by atoms with Crippen molar-refractivity contribution in [2.24, 2.45) is 0 Å². The highest BCUT2D eigenvalue weighted by molar-refractivity contribution is 5.62. The van der Waals surface area contributed by atoms with Gasteiger partial charge in [0.05, 0.1) is 53.8 Å². The zero-order valence-corrected chi connectivity index (χ0v) is 17.0. The SMILES string of the molecule is COc1cc(OC)c(C(c2c(OC)cc(OC)cc2OC)C(F)(F)F)c(OC)c1. The van der Waals surface area contributed by atoms with Crippen LogP contribution in [0.5, 0.6) is 34.5 Å². The van der Waals surface area contributed by atoms with Crippen LogP contribution in [-0.2, 0) is 0 Å². The van der Waals surface area contributed by atoms with Crippen LogP contribution in [0.1, 0.15) is 17.0 Å². The Bertz CT molecular complexity index is 737. The van der Waals surface area contributed by atoms with Crippen molar-refractivity contribution in [3.05, 3.63) is 35.4 Å². The lowest BCUT2D eigenvalue weighted by atomic mass is 9.87. The first kappa shape index (κ1) is 22.3. The molecule has 0 aromatic heterocycles. The van der Waals surface area contributed by atoms with Crippen LogP contribution >= 0.6 is 0 Å². The second kappa shape index (κ2) is 9.02. The van der Waals surface area contributed by atoms with Gasteiger partial charge in [0.2, 0.25) is 0 Å². The third kappa shape index (κ3) is 4.38. The van der Waals surface area contributed by atoms with E-state index >= 15 is 0 Å². The van der Waals surface area contributed by atoms with E-state index in [2.05, 4.69) is 0 Å². The monoisotopic (exact) mass is 416 g/mol. The Morgan fingerprint density at radius 2 is 0.828 bits per heavy atom. The van der Waals surface area contributed by atoms with Gasteiger partial charge >= 0.3 is 6.18 Å². The largest absolute Gasteiger partial charge is 0.496 e. The average Bonchev–Trinajstić information content (AvgIpc) is 2.72. The van der Waals surface area contributed by atoms with E-state index in [1.165, 1.54) is 66.9 Å². The molecule has 0 fully saturated rings. The molecular formula is C20H23F3O6. The highest BCUT2D eigenvalue weighted by atomic mass is 19.4. The van der Waals surface area contributed by atoms with Crippen LogP contribution in [0.4, 0.5) is 13.2 Å². The van der Waals surface area contributed by atoms with Crippen molar-refractivity contribution in [1.82, 2.24) is 0 Å². The molecule has 160 valence electrons. The molecule has 6 nitrogen and oxygen atoms in total. The molecule has 2 aromatic rings. The number of benzene rings is 2. The van der Waals surface area contributed by atoms with E-state index in [1.54, 1.807) is 0 Å². The number of rotatable bonds is 8. The standard InChI is InChI=1S/C20H23F3O6/c1-24-11-7-13(26-3)17(14(8-11)27-4)19(20(21,22)23)18-15(28-5)9-12(25-2)10-16(18)29-6/h7-10,19H,1-6H3. The normalized spacial score (nSPS) is 11.2. The fraction of sp³-hybridized carbons (Fsp3) is 0.400. The lowest BCUT2D eigenvalue weighted by molar-refractivity contribution is -0.142. The van der Waals surface area contributed by atoms with Gasteiger partial charge in [0.15, 0.2) is 0 Å². The van der Waals surface area contributed by atoms with Crippen LogP contribution in [0.2, 0.25) is 0 Å². The Morgan fingerprint density at radius 1 is 0.552 bits per heavy atom. The van der Waals surface area contributed by atoms with E-state index in [1.807, 2.05) is 0 Å². The number of alkyl halides is 3. The summed E-state index contributed by atoms with van der Waals surface area (Å²) < 4.78 is 74.6. The minimum atomic E-state index is -4.73. The number of ether oxygens (including phenoxy) is 6. The van der Waals surface area contributed by atoms with E-state index in [0.29, 0.717) is 0 Å². The van der Waals surface area contributed by atoms with Gasteiger partial charge < -0.3 is 28.4 Å². The van der Waals surface area contributed by atoms with Crippen molar-refractivity contribution in [3.8, 4) is 34.5 Å². The number of methoxy groups -OCH3 is 6. The molecule has 9 heteroatoms. The van der Waals surface area contributed by atoms with Crippen molar-refractivity contribution in [1.29, 1.82) is 0 Å². The van der Waals surface area contributed by atoms with Gasteiger partial charge in [-0.25, -0.2) is 0 Å². The molecule has 0 amide bonds. The number of halogens is 3. The van der Waals surface area contributed by atoms with E-state index in [0.717, 1.165) is 0 Å². The molecule has 0 heterocycles. The molecule has 0 spiro atoms. The molecule has 0 aliphatic rings. The van der Waals surface area contributed by atoms with Gasteiger partial charge in [-0.15, -0.1) is 0 Å². The summed E-state index contributed by atoms with van der Waals surface area (Å²) in [6, 6.07) is 5.44. The van der Waals surface area contributed by atoms with Crippen molar-refractivity contribution in [3.63, 3.8) is 0 Å². The van der Waals surface area contributed by atoms with E-state index in [-0.39, 0.29) is 45.6 Å². The van der Waals surface area contributed by atoms with Crippen LogP contribution in [0.15, 0.2) is 24.3 Å². The minimum absolute atomic E-state index is 0.0524. The average molecular weight is 416 g/mol. The van der Waals surface area contributed by atoms with Gasteiger partial charge in [-0.2, -0.15) is 13.2 Å². The van der Waals surface area contributed by atoms with Gasteiger partial charge in [-0.3, -0.25) is 0 Å². The van der Waals surface area contributed by atoms with Gasteiger partial charge in [0, 0.05) is 24.3 Å². The molecular weight excluding hydrogens is 393 g/mol. The highest BCUT2D eigenvalue weighted by Gasteiger charge is 2.48. The molecule has 29 heavy (non-hydrogen) atoms. The highest BCUT2D eigenvalue weighted by Crippen LogP contribution is 2.54. The molecule has 0 saturated carbocycles. The molecule has 0 unspecified atom stereocenters. The summed E-state index contributed by atoms with van der Waals surface area (Å²) in [5, 5.41) is 0. The van der Waals surface area contributed by atoms with Crippen molar-refractivity contribution in [2.75, 3.05) is 42.7 Å². The lowest BCUT2D eigenvalue weighted by Crippen LogP contribution is -2.24. The maximum atomic E-state index is 14.4. The van der Waals surface area contributed by atoms with Crippen LogP contribution in [0.3, 0.4) is 0 Å². The van der Waals surface area contributed by atoms with Crippen molar-refractivity contribution in [2.45, 2.75) is 12.1 Å². The third-order valence-corrected chi connectivity index (χ3v) is 4.41.